The van der Waals surface area contributed by atoms with Crippen LogP contribution in [0, 0.1) is 6.92 Å². The molecular weight excluding hydrogens is 352 g/mol. The highest BCUT2D eigenvalue weighted by Gasteiger charge is 2.33. The van der Waals surface area contributed by atoms with E-state index < -0.39 is 0 Å². The zero-order valence-electron chi connectivity index (χ0n) is 16.0. The Hall–Kier alpha value is -3.41. The van der Waals surface area contributed by atoms with Gasteiger partial charge in [0, 0.05) is 25.0 Å². The van der Waals surface area contributed by atoms with Gasteiger partial charge in [-0.3, -0.25) is 14.0 Å². The van der Waals surface area contributed by atoms with Gasteiger partial charge in [-0.15, -0.1) is 0 Å². The Morgan fingerprint density at radius 2 is 1.93 bits per heavy atom. The largest absolute Gasteiger partial charge is 0.324 e. The summed E-state index contributed by atoms with van der Waals surface area (Å²) in [5, 5.41) is 0.453. The molecule has 6 nitrogen and oxygen atoms in total. The predicted molar refractivity (Wildman–Crippen MR) is 109 cm³/mol. The number of para-hydroxylation sites is 1. The second kappa shape index (κ2) is 5.79. The van der Waals surface area contributed by atoms with Gasteiger partial charge in [-0.1, -0.05) is 24.3 Å². The number of hydrogen-bond donors (Lipinski definition) is 0. The third-order valence-corrected chi connectivity index (χ3v) is 5.67. The highest BCUT2D eigenvalue weighted by molar-refractivity contribution is 6.09. The number of carbonyl (C=O) groups excluding carboxylic acids is 1. The van der Waals surface area contributed by atoms with Crippen LogP contribution in [-0.4, -0.2) is 25.9 Å². The standard InChI is InChI=1S/C22H20N4O2/c1-13-7-6-10-25-19(13)23-20-16(21(25)27)12-18(24(20)3)22(28)26-14(2)11-15-8-4-5-9-17(15)26/h4-10,12,14H,11H2,1-3H3/t14-/m0/s1. The number of aryl methyl sites for hydroxylation is 2. The molecule has 1 atom stereocenters. The minimum atomic E-state index is -0.159. The van der Waals surface area contributed by atoms with Crippen molar-refractivity contribution in [1.82, 2.24) is 14.0 Å². The third kappa shape index (κ3) is 2.17. The average molecular weight is 372 g/mol. The van der Waals surface area contributed by atoms with Crippen molar-refractivity contribution in [2.45, 2.75) is 26.3 Å². The van der Waals surface area contributed by atoms with Gasteiger partial charge >= 0.3 is 0 Å². The van der Waals surface area contributed by atoms with Crippen molar-refractivity contribution < 1.29 is 4.79 Å². The van der Waals surface area contributed by atoms with Crippen LogP contribution in [0.25, 0.3) is 16.7 Å². The summed E-state index contributed by atoms with van der Waals surface area (Å²) >= 11 is 0. The van der Waals surface area contributed by atoms with E-state index in [1.54, 1.807) is 28.3 Å². The molecule has 0 bridgehead atoms. The highest BCUT2D eigenvalue weighted by atomic mass is 16.2. The second-order valence-corrected chi connectivity index (χ2v) is 7.48. The fourth-order valence-electron chi connectivity index (χ4n) is 4.23. The monoisotopic (exact) mass is 372 g/mol. The van der Waals surface area contributed by atoms with Crippen molar-refractivity contribution >= 4 is 28.3 Å². The van der Waals surface area contributed by atoms with Crippen molar-refractivity contribution in [3.05, 3.63) is 75.8 Å². The maximum Gasteiger partial charge on any atom is 0.275 e. The molecule has 1 aromatic carbocycles. The molecule has 1 amide bonds. The number of hydrogen-bond acceptors (Lipinski definition) is 3. The fraction of sp³-hybridized carbons (Fsp3) is 0.227. The lowest BCUT2D eigenvalue weighted by atomic mass is 10.1. The van der Waals surface area contributed by atoms with Crippen LogP contribution in [-0.2, 0) is 13.5 Å². The molecule has 0 N–H and O–H groups in total. The van der Waals surface area contributed by atoms with E-state index in [9.17, 15) is 9.59 Å². The number of benzene rings is 1. The van der Waals surface area contributed by atoms with Crippen LogP contribution in [0.5, 0.6) is 0 Å². The summed E-state index contributed by atoms with van der Waals surface area (Å²) in [4.78, 5) is 33.0. The molecule has 140 valence electrons. The molecule has 28 heavy (non-hydrogen) atoms. The number of fused-ring (bicyclic) bond motifs is 3. The summed E-state index contributed by atoms with van der Waals surface area (Å²) in [6.45, 7) is 3.97. The molecule has 6 heteroatoms. The Kier molecular flexibility index (Phi) is 3.46. The number of pyridine rings is 1. The third-order valence-electron chi connectivity index (χ3n) is 5.67. The van der Waals surface area contributed by atoms with Crippen LogP contribution >= 0.6 is 0 Å². The summed E-state index contributed by atoms with van der Waals surface area (Å²) in [5.41, 5.74) is 4.48. The van der Waals surface area contributed by atoms with Crippen LogP contribution in [0.15, 0.2) is 53.5 Å². The number of aromatic nitrogens is 3. The fourth-order valence-corrected chi connectivity index (χ4v) is 4.23. The van der Waals surface area contributed by atoms with Gasteiger partial charge in [0.05, 0.1) is 5.39 Å². The Bertz CT molecular complexity index is 1330. The summed E-state index contributed by atoms with van der Waals surface area (Å²) < 4.78 is 3.28. The van der Waals surface area contributed by atoms with Crippen molar-refractivity contribution in [3.8, 4) is 0 Å². The molecule has 0 unspecified atom stereocenters. The lowest BCUT2D eigenvalue weighted by Gasteiger charge is -2.22. The zero-order chi connectivity index (χ0) is 19.6. The maximum absolute atomic E-state index is 13.5. The second-order valence-electron chi connectivity index (χ2n) is 7.48. The van der Waals surface area contributed by atoms with E-state index >= 15 is 0 Å². The molecule has 0 fully saturated rings. The minimum absolute atomic E-state index is 0.0679. The molecule has 4 heterocycles. The van der Waals surface area contributed by atoms with Gasteiger partial charge in [0.15, 0.2) is 0 Å². The Morgan fingerprint density at radius 1 is 1.14 bits per heavy atom. The van der Waals surface area contributed by atoms with E-state index in [1.165, 1.54) is 5.56 Å². The number of carbonyl (C=O) groups is 1. The molecule has 0 aliphatic carbocycles. The predicted octanol–water partition coefficient (Wildman–Crippen LogP) is 3.09. The van der Waals surface area contributed by atoms with Crippen molar-refractivity contribution in [2.24, 2.45) is 7.05 Å². The Balaban J connectivity index is 1.72. The normalized spacial score (nSPS) is 16.1. The molecule has 0 saturated carbocycles. The quantitative estimate of drug-likeness (QED) is 0.516. The van der Waals surface area contributed by atoms with Gasteiger partial charge < -0.3 is 9.47 Å². The highest BCUT2D eigenvalue weighted by Crippen LogP contribution is 2.33. The Labute approximate surface area is 161 Å². The average Bonchev–Trinajstić information content (AvgIpc) is 3.19. The summed E-state index contributed by atoms with van der Waals surface area (Å²) in [5.74, 6) is -0.108. The SMILES string of the molecule is Cc1cccn2c(=O)c3cc(C(=O)N4c5ccccc5C[C@@H]4C)n(C)c3nc12. The molecule has 5 rings (SSSR count). The van der Waals surface area contributed by atoms with Crippen LogP contribution in [0.2, 0.25) is 0 Å². The van der Waals surface area contributed by atoms with E-state index in [-0.39, 0.29) is 17.5 Å². The van der Waals surface area contributed by atoms with E-state index in [4.69, 9.17) is 0 Å². The lowest BCUT2D eigenvalue weighted by molar-refractivity contribution is 0.0974. The van der Waals surface area contributed by atoms with Crippen molar-refractivity contribution in [2.75, 3.05) is 4.90 Å². The van der Waals surface area contributed by atoms with Gasteiger partial charge in [-0.2, -0.15) is 0 Å². The number of rotatable bonds is 1. The van der Waals surface area contributed by atoms with Gasteiger partial charge in [0.25, 0.3) is 11.5 Å². The first-order chi connectivity index (χ1) is 13.5. The number of nitrogens with zero attached hydrogens (tertiary/aromatic N) is 4. The molecule has 0 radical (unpaired) electrons. The Morgan fingerprint density at radius 3 is 2.75 bits per heavy atom. The summed E-state index contributed by atoms with van der Waals surface area (Å²) in [6, 6.07) is 13.5. The van der Waals surface area contributed by atoms with Crippen LogP contribution in [0.3, 0.4) is 0 Å². The number of anilines is 1. The first-order valence-electron chi connectivity index (χ1n) is 9.36. The first kappa shape index (κ1) is 16.7. The summed E-state index contributed by atoms with van der Waals surface area (Å²) in [7, 11) is 1.80. The molecule has 0 spiro atoms. The molecule has 4 aromatic rings. The minimum Gasteiger partial charge on any atom is -0.324 e. The van der Waals surface area contributed by atoms with Gasteiger partial charge in [-0.25, -0.2) is 4.98 Å². The van der Waals surface area contributed by atoms with Crippen LogP contribution < -0.4 is 10.5 Å². The maximum atomic E-state index is 13.5. The van der Waals surface area contributed by atoms with E-state index in [1.807, 2.05) is 49.1 Å². The molecular formula is C22H20N4O2. The van der Waals surface area contributed by atoms with Crippen LogP contribution in [0.1, 0.15) is 28.5 Å². The molecule has 0 saturated heterocycles. The molecule has 1 aliphatic heterocycles. The van der Waals surface area contributed by atoms with E-state index in [0.717, 1.165) is 17.7 Å². The van der Waals surface area contributed by atoms with Gasteiger partial charge in [0.2, 0.25) is 0 Å². The summed E-state index contributed by atoms with van der Waals surface area (Å²) in [6.07, 6.45) is 2.54. The van der Waals surface area contributed by atoms with Gasteiger partial charge in [-0.05, 0) is 49.6 Å². The zero-order valence-corrected chi connectivity index (χ0v) is 16.0. The van der Waals surface area contributed by atoms with E-state index in [2.05, 4.69) is 11.1 Å². The smallest absolute Gasteiger partial charge is 0.275 e. The van der Waals surface area contributed by atoms with Crippen molar-refractivity contribution in [3.63, 3.8) is 0 Å². The van der Waals surface area contributed by atoms with E-state index in [0.29, 0.717) is 22.4 Å². The van der Waals surface area contributed by atoms with Crippen LogP contribution in [0.4, 0.5) is 5.69 Å². The topological polar surface area (TPSA) is 59.6 Å². The van der Waals surface area contributed by atoms with Gasteiger partial charge in [0.1, 0.15) is 17.0 Å². The number of amides is 1. The molecule has 1 aliphatic rings. The molecule has 3 aromatic heterocycles. The first-order valence-corrected chi connectivity index (χ1v) is 9.36. The lowest BCUT2D eigenvalue weighted by Crippen LogP contribution is -2.36. The van der Waals surface area contributed by atoms with Crippen molar-refractivity contribution in [1.29, 1.82) is 0 Å².